The van der Waals surface area contributed by atoms with Crippen LogP contribution in [0, 0.1) is 0 Å². The highest BCUT2D eigenvalue weighted by atomic mass is 32.1. The van der Waals surface area contributed by atoms with Crippen molar-refractivity contribution in [2.24, 2.45) is 0 Å². The smallest absolute Gasteiger partial charge is 0.269 e. The first kappa shape index (κ1) is 27.1. The van der Waals surface area contributed by atoms with Crippen molar-refractivity contribution in [3.8, 4) is 11.5 Å². The molecule has 0 aliphatic rings. The number of amides is 2. The van der Waals surface area contributed by atoms with E-state index in [0.717, 1.165) is 37.9 Å². The Balaban J connectivity index is 1.71. The minimum absolute atomic E-state index is 0.00900. The minimum atomic E-state index is -0.385. The number of hydrogen-bond acceptors (Lipinski definition) is 5. The fourth-order valence-corrected chi connectivity index (χ4v) is 3.20. The first-order chi connectivity index (χ1) is 16.5. The number of hydrogen-bond donors (Lipinski definition) is 3. The molecule has 0 unspecified atom stereocenters. The van der Waals surface area contributed by atoms with Gasteiger partial charge in [-0.25, -0.2) is 0 Å². The highest BCUT2D eigenvalue weighted by molar-refractivity contribution is 7.80. The van der Waals surface area contributed by atoms with Crippen molar-refractivity contribution in [1.82, 2.24) is 16.2 Å². The summed E-state index contributed by atoms with van der Waals surface area (Å²) in [5.41, 5.74) is 5.89. The fraction of sp³-hybridized carbons (Fsp3) is 0.423. The highest BCUT2D eigenvalue weighted by Crippen LogP contribution is 2.14. The van der Waals surface area contributed by atoms with Gasteiger partial charge < -0.3 is 9.47 Å². The second kappa shape index (κ2) is 15.7. The van der Waals surface area contributed by atoms with Crippen molar-refractivity contribution in [1.29, 1.82) is 0 Å². The van der Waals surface area contributed by atoms with Crippen molar-refractivity contribution < 1.29 is 19.1 Å². The van der Waals surface area contributed by atoms with Crippen molar-refractivity contribution in [3.05, 3.63) is 59.7 Å². The van der Waals surface area contributed by atoms with Crippen molar-refractivity contribution in [2.45, 2.75) is 58.8 Å². The van der Waals surface area contributed by atoms with E-state index in [1.165, 1.54) is 12.8 Å². The topological polar surface area (TPSA) is 88.7 Å². The Morgan fingerprint density at radius 1 is 0.676 bits per heavy atom. The summed E-state index contributed by atoms with van der Waals surface area (Å²) in [5.74, 6) is 0.676. The first-order valence-corrected chi connectivity index (χ1v) is 12.3. The zero-order valence-electron chi connectivity index (χ0n) is 20.0. The molecule has 0 fully saturated rings. The number of carbonyl (C=O) groups is 2. The van der Waals surface area contributed by atoms with Crippen LogP contribution < -0.4 is 25.6 Å². The summed E-state index contributed by atoms with van der Waals surface area (Å²) in [4.78, 5) is 24.7. The molecule has 0 heterocycles. The first-order valence-electron chi connectivity index (χ1n) is 11.9. The molecule has 0 radical (unpaired) electrons. The number of nitrogens with one attached hydrogen (secondary N) is 3. The molecule has 7 nitrogen and oxygen atoms in total. The second-order valence-electron chi connectivity index (χ2n) is 7.88. The molecule has 0 atom stereocenters. The van der Waals surface area contributed by atoms with Crippen molar-refractivity contribution in [3.63, 3.8) is 0 Å². The zero-order valence-corrected chi connectivity index (χ0v) is 20.8. The molecule has 0 aliphatic carbocycles. The van der Waals surface area contributed by atoms with Crippen LogP contribution in [0.25, 0.3) is 0 Å². The Labute approximate surface area is 207 Å². The van der Waals surface area contributed by atoms with Gasteiger partial charge in [-0.3, -0.25) is 25.8 Å². The lowest BCUT2D eigenvalue weighted by Crippen LogP contribution is -2.48. The third-order valence-electron chi connectivity index (χ3n) is 5.03. The maximum absolute atomic E-state index is 12.4. The molecule has 2 rings (SSSR count). The van der Waals surface area contributed by atoms with Gasteiger partial charge in [0.25, 0.3) is 11.8 Å². The highest BCUT2D eigenvalue weighted by Gasteiger charge is 2.10. The molecule has 0 aliphatic heterocycles. The number of ether oxygens (including phenoxy) is 2. The summed E-state index contributed by atoms with van der Waals surface area (Å²) in [6.45, 7) is 5.63. The van der Waals surface area contributed by atoms with Gasteiger partial charge in [-0.2, -0.15) is 0 Å². The number of unbranched alkanes of at least 4 members (excludes halogenated alkanes) is 5. The van der Waals surface area contributed by atoms with E-state index in [-0.39, 0.29) is 16.9 Å². The molecule has 34 heavy (non-hydrogen) atoms. The van der Waals surface area contributed by atoms with E-state index < -0.39 is 0 Å². The van der Waals surface area contributed by atoms with Crippen LogP contribution in [-0.2, 0) is 0 Å². The van der Waals surface area contributed by atoms with Gasteiger partial charge in [-0.15, -0.1) is 0 Å². The second-order valence-corrected chi connectivity index (χ2v) is 8.28. The lowest BCUT2D eigenvalue weighted by Gasteiger charge is -2.12. The largest absolute Gasteiger partial charge is 0.494 e. The predicted molar refractivity (Wildman–Crippen MR) is 138 cm³/mol. The third-order valence-corrected chi connectivity index (χ3v) is 5.24. The maximum atomic E-state index is 12.4. The normalized spacial score (nSPS) is 10.3. The van der Waals surface area contributed by atoms with Gasteiger partial charge in [0.1, 0.15) is 11.5 Å². The SMILES string of the molecule is CCCCCCOc1ccc(C(=O)NNC(=S)NC(=O)c2ccc(OCCCCC)cc2)cc1. The molecule has 2 aromatic rings. The van der Waals surface area contributed by atoms with E-state index in [1.807, 2.05) is 0 Å². The van der Waals surface area contributed by atoms with Crippen LogP contribution in [0.4, 0.5) is 0 Å². The molecular weight excluding hydrogens is 450 g/mol. The Kier molecular flexibility index (Phi) is 12.5. The van der Waals surface area contributed by atoms with Crippen LogP contribution in [0.3, 0.4) is 0 Å². The molecular formula is C26H35N3O4S. The Bertz CT molecular complexity index is 901. The molecule has 0 spiro atoms. The number of benzene rings is 2. The average Bonchev–Trinajstić information content (AvgIpc) is 2.86. The Morgan fingerprint density at radius 2 is 1.15 bits per heavy atom. The predicted octanol–water partition coefficient (Wildman–Crippen LogP) is 5.16. The summed E-state index contributed by atoms with van der Waals surface area (Å²) >= 11 is 5.10. The summed E-state index contributed by atoms with van der Waals surface area (Å²) in [7, 11) is 0. The number of rotatable bonds is 13. The van der Waals surface area contributed by atoms with Crippen molar-refractivity contribution in [2.75, 3.05) is 13.2 Å². The quantitative estimate of drug-likeness (QED) is 0.206. The van der Waals surface area contributed by atoms with Gasteiger partial charge in [-0.1, -0.05) is 46.0 Å². The van der Waals surface area contributed by atoms with Gasteiger partial charge >= 0.3 is 0 Å². The van der Waals surface area contributed by atoms with Crippen LogP contribution in [0.5, 0.6) is 11.5 Å². The number of carbonyl (C=O) groups excluding carboxylic acids is 2. The molecule has 184 valence electrons. The molecule has 2 amide bonds. The molecule has 0 bridgehead atoms. The molecule has 2 aromatic carbocycles. The Hall–Kier alpha value is -3.13. The van der Waals surface area contributed by atoms with Gasteiger partial charge in [0.2, 0.25) is 0 Å². The number of thiocarbonyl (C=S) groups is 1. The summed E-state index contributed by atoms with van der Waals surface area (Å²) in [6.07, 6.45) is 7.82. The summed E-state index contributed by atoms with van der Waals surface area (Å²) in [6, 6.07) is 13.7. The van der Waals surface area contributed by atoms with Gasteiger partial charge in [0.15, 0.2) is 5.11 Å². The van der Waals surface area contributed by atoms with E-state index in [4.69, 9.17) is 21.7 Å². The van der Waals surface area contributed by atoms with Crippen molar-refractivity contribution >= 4 is 29.1 Å². The lowest BCUT2D eigenvalue weighted by molar-refractivity contribution is 0.0934. The molecule has 0 saturated carbocycles. The average molecular weight is 486 g/mol. The third kappa shape index (κ3) is 10.2. The van der Waals surface area contributed by atoms with Crippen LogP contribution >= 0.6 is 12.2 Å². The van der Waals surface area contributed by atoms with E-state index in [2.05, 4.69) is 30.0 Å². The summed E-state index contributed by atoms with van der Waals surface area (Å²) < 4.78 is 11.3. The minimum Gasteiger partial charge on any atom is -0.494 e. The molecule has 3 N–H and O–H groups in total. The van der Waals surface area contributed by atoms with Crippen LogP contribution in [0.1, 0.15) is 79.5 Å². The van der Waals surface area contributed by atoms with E-state index >= 15 is 0 Å². The molecule has 0 aromatic heterocycles. The van der Waals surface area contributed by atoms with Crippen LogP contribution in [-0.4, -0.2) is 30.1 Å². The van der Waals surface area contributed by atoms with E-state index in [0.29, 0.717) is 30.1 Å². The van der Waals surface area contributed by atoms with E-state index in [1.54, 1.807) is 48.5 Å². The molecule has 8 heteroatoms. The summed E-state index contributed by atoms with van der Waals surface area (Å²) in [5, 5.41) is 2.53. The van der Waals surface area contributed by atoms with E-state index in [9.17, 15) is 9.59 Å². The maximum Gasteiger partial charge on any atom is 0.269 e. The number of hydrazine groups is 1. The van der Waals surface area contributed by atoms with Gasteiger partial charge in [0, 0.05) is 11.1 Å². The zero-order chi connectivity index (χ0) is 24.6. The monoisotopic (exact) mass is 485 g/mol. The Morgan fingerprint density at radius 3 is 1.68 bits per heavy atom. The van der Waals surface area contributed by atoms with Crippen LogP contribution in [0.2, 0.25) is 0 Å². The lowest BCUT2D eigenvalue weighted by atomic mass is 10.2. The van der Waals surface area contributed by atoms with Crippen LogP contribution in [0.15, 0.2) is 48.5 Å². The van der Waals surface area contributed by atoms with Gasteiger partial charge in [0.05, 0.1) is 13.2 Å². The van der Waals surface area contributed by atoms with Gasteiger partial charge in [-0.05, 0) is 73.6 Å². The fourth-order valence-electron chi connectivity index (χ4n) is 3.06. The standard InChI is InChI=1S/C26H35N3O4S/c1-3-5-7-9-19-33-23-16-12-21(13-17-23)25(31)28-29-26(34)27-24(30)20-10-14-22(15-11-20)32-18-8-6-4-2/h10-17H,3-9,18-19H2,1-2H3,(H,28,31)(H2,27,29,30,34). The molecule has 0 saturated heterocycles.